The SMILES string of the molecule is CO[C@@H]1O[C@@H](CO)[C@@H](O)[C@@H](O)[C@H]1N1C(=O)c2ccccc2C1=O. The summed E-state index contributed by atoms with van der Waals surface area (Å²) in [6.07, 6.45) is -5.19. The quantitative estimate of drug-likeness (QED) is 0.594. The minimum absolute atomic E-state index is 0.221. The van der Waals surface area contributed by atoms with Crippen LogP contribution < -0.4 is 0 Å². The molecule has 2 aliphatic heterocycles. The van der Waals surface area contributed by atoms with Crippen molar-refractivity contribution in [2.24, 2.45) is 0 Å². The molecule has 0 aliphatic carbocycles. The fourth-order valence-corrected chi connectivity index (χ4v) is 3.02. The summed E-state index contributed by atoms with van der Waals surface area (Å²) in [7, 11) is 1.29. The molecule has 2 amide bonds. The molecular weight excluding hydrogens is 306 g/mol. The number of nitrogens with zero attached hydrogens (tertiary/aromatic N) is 1. The summed E-state index contributed by atoms with van der Waals surface area (Å²) in [5.41, 5.74) is 0.441. The normalized spacial score (nSPS) is 33.9. The number of aliphatic hydroxyl groups excluding tert-OH is 3. The van der Waals surface area contributed by atoms with E-state index in [4.69, 9.17) is 9.47 Å². The average Bonchev–Trinajstić information content (AvgIpc) is 2.82. The highest BCUT2D eigenvalue weighted by atomic mass is 16.7. The fourth-order valence-electron chi connectivity index (χ4n) is 3.02. The zero-order valence-corrected chi connectivity index (χ0v) is 12.3. The number of benzene rings is 1. The minimum Gasteiger partial charge on any atom is -0.394 e. The van der Waals surface area contributed by atoms with E-state index in [1.165, 1.54) is 19.2 Å². The van der Waals surface area contributed by atoms with Crippen molar-refractivity contribution in [2.45, 2.75) is 30.6 Å². The maximum Gasteiger partial charge on any atom is 0.262 e. The molecule has 1 fully saturated rings. The minimum atomic E-state index is -1.51. The Hall–Kier alpha value is -1.84. The van der Waals surface area contributed by atoms with E-state index < -0.39 is 49.1 Å². The summed E-state index contributed by atoms with van der Waals surface area (Å²) in [6, 6.07) is 5.07. The van der Waals surface area contributed by atoms with E-state index in [-0.39, 0.29) is 11.1 Å². The van der Waals surface area contributed by atoms with Gasteiger partial charge in [0.25, 0.3) is 11.8 Å². The van der Waals surface area contributed by atoms with Crippen LogP contribution in [0, 0.1) is 0 Å². The zero-order chi connectivity index (χ0) is 16.7. The maximum absolute atomic E-state index is 12.5. The van der Waals surface area contributed by atoms with E-state index in [1.807, 2.05) is 0 Å². The molecule has 3 N–H and O–H groups in total. The van der Waals surface area contributed by atoms with Crippen LogP contribution in [-0.2, 0) is 9.47 Å². The van der Waals surface area contributed by atoms with Crippen LogP contribution in [0.4, 0.5) is 0 Å². The molecule has 0 bridgehead atoms. The van der Waals surface area contributed by atoms with Crippen molar-refractivity contribution in [3.63, 3.8) is 0 Å². The Morgan fingerprint density at radius 2 is 1.70 bits per heavy atom. The predicted octanol–water partition coefficient (Wildman–Crippen LogP) is -1.26. The number of methoxy groups -OCH3 is 1. The molecule has 1 aromatic rings. The third kappa shape index (κ3) is 2.35. The lowest BCUT2D eigenvalue weighted by Crippen LogP contribution is -2.65. The van der Waals surface area contributed by atoms with Gasteiger partial charge < -0.3 is 24.8 Å². The van der Waals surface area contributed by atoms with E-state index >= 15 is 0 Å². The summed E-state index contributed by atoms with van der Waals surface area (Å²) >= 11 is 0. The van der Waals surface area contributed by atoms with Crippen molar-refractivity contribution in [1.82, 2.24) is 4.90 Å². The van der Waals surface area contributed by atoms with Gasteiger partial charge in [-0.05, 0) is 12.1 Å². The third-order valence-corrected chi connectivity index (χ3v) is 4.20. The van der Waals surface area contributed by atoms with Gasteiger partial charge in [0.2, 0.25) is 0 Å². The second-order valence-electron chi connectivity index (χ2n) is 5.46. The van der Waals surface area contributed by atoms with Crippen LogP contribution in [-0.4, -0.2) is 76.4 Å². The first-order valence-electron chi connectivity index (χ1n) is 7.13. The summed E-state index contributed by atoms with van der Waals surface area (Å²) < 4.78 is 10.5. The van der Waals surface area contributed by atoms with Crippen molar-refractivity contribution >= 4 is 11.8 Å². The molecule has 1 aromatic carbocycles. The van der Waals surface area contributed by atoms with Crippen LogP contribution in [0.3, 0.4) is 0 Å². The summed E-state index contributed by atoms with van der Waals surface area (Å²) in [5, 5.41) is 29.6. The molecule has 8 nitrogen and oxygen atoms in total. The Morgan fingerprint density at radius 3 is 2.17 bits per heavy atom. The lowest BCUT2D eigenvalue weighted by atomic mass is 9.95. The molecule has 2 aliphatic rings. The van der Waals surface area contributed by atoms with Crippen molar-refractivity contribution in [1.29, 1.82) is 0 Å². The maximum atomic E-state index is 12.5. The Labute approximate surface area is 131 Å². The number of imide groups is 1. The number of ether oxygens (including phenoxy) is 2. The monoisotopic (exact) mass is 323 g/mol. The number of rotatable bonds is 3. The van der Waals surface area contributed by atoms with Gasteiger partial charge in [-0.15, -0.1) is 0 Å². The molecule has 1 saturated heterocycles. The van der Waals surface area contributed by atoms with Crippen LogP contribution in [0.5, 0.6) is 0 Å². The highest BCUT2D eigenvalue weighted by molar-refractivity contribution is 6.21. The number of fused-ring (bicyclic) bond motifs is 1. The third-order valence-electron chi connectivity index (χ3n) is 4.20. The number of hydrogen-bond donors (Lipinski definition) is 3. The second-order valence-corrected chi connectivity index (χ2v) is 5.46. The Kier molecular flexibility index (Phi) is 4.17. The topological polar surface area (TPSA) is 117 Å². The summed E-state index contributed by atoms with van der Waals surface area (Å²) in [6.45, 7) is -0.535. The van der Waals surface area contributed by atoms with E-state index in [1.54, 1.807) is 12.1 Å². The van der Waals surface area contributed by atoms with Gasteiger partial charge in [0.1, 0.15) is 24.4 Å². The number of carbonyl (C=O) groups excluding carboxylic acids is 2. The van der Waals surface area contributed by atoms with Gasteiger partial charge in [-0.3, -0.25) is 14.5 Å². The molecule has 3 rings (SSSR count). The molecule has 8 heteroatoms. The van der Waals surface area contributed by atoms with E-state index in [0.29, 0.717) is 0 Å². The van der Waals surface area contributed by atoms with Crippen molar-refractivity contribution in [3.05, 3.63) is 35.4 Å². The Balaban J connectivity index is 1.97. The van der Waals surface area contributed by atoms with E-state index in [9.17, 15) is 24.9 Å². The first-order valence-corrected chi connectivity index (χ1v) is 7.13. The smallest absolute Gasteiger partial charge is 0.262 e. The number of carbonyl (C=O) groups is 2. The van der Waals surface area contributed by atoms with Crippen molar-refractivity contribution < 1.29 is 34.4 Å². The molecular formula is C15H17NO7. The van der Waals surface area contributed by atoms with Gasteiger partial charge >= 0.3 is 0 Å². The fraction of sp³-hybridized carbons (Fsp3) is 0.467. The van der Waals surface area contributed by atoms with Crippen molar-refractivity contribution in [2.75, 3.05) is 13.7 Å². The van der Waals surface area contributed by atoms with Gasteiger partial charge in [-0.2, -0.15) is 0 Å². The van der Waals surface area contributed by atoms with Gasteiger partial charge in [0, 0.05) is 7.11 Å². The summed E-state index contributed by atoms with van der Waals surface area (Å²) in [5.74, 6) is -1.18. The largest absolute Gasteiger partial charge is 0.394 e. The zero-order valence-electron chi connectivity index (χ0n) is 12.3. The van der Waals surface area contributed by atoms with Gasteiger partial charge in [0.05, 0.1) is 17.7 Å². The van der Waals surface area contributed by atoms with Gasteiger partial charge in [-0.25, -0.2) is 0 Å². The highest BCUT2D eigenvalue weighted by Crippen LogP contribution is 2.32. The Bertz CT molecular complexity index is 597. The number of amides is 2. The lowest BCUT2D eigenvalue weighted by Gasteiger charge is -2.44. The molecule has 124 valence electrons. The summed E-state index contributed by atoms with van der Waals surface area (Å²) in [4.78, 5) is 25.9. The first-order chi connectivity index (χ1) is 11.0. The van der Waals surface area contributed by atoms with E-state index in [0.717, 1.165) is 4.90 Å². The molecule has 2 heterocycles. The first kappa shape index (κ1) is 16.0. The number of hydrogen-bond acceptors (Lipinski definition) is 7. The molecule has 0 aromatic heterocycles. The second kappa shape index (κ2) is 5.99. The van der Waals surface area contributed by atoms with Crippen LogP contribution in [0.2, 0.25) is 0 Å². The highest BCUT2D eigenvalue weighted by Gasteiger charge is 2.52. The predicted molar refractivity (Wildman–Crippen MR) is 75.5 cm³/mol. The molecule has 5 atom stereocenters. The lowest BCUT2D eigenvalue weighted by molar-refractivity contribution is -0.272. The van der Waals surface area contributed by atoms with Crippen LogP contribution >= 0.6 is 0 Å². The van der Waals surface area contributed by atoms with Gasteiger partial charge in [0.15, 0.2) is 6.29 Å². The Morgan fingerprint density at radius 1 is 1.13 bits per heavy atom. The van der Waals surface area contributed by atoms with Crippen LogP contribution in [0.15, 0.2) is 24.3 Å². The van der Waals surface area contributed by atoms with Gasteiger partial charge in [-0.1, -0.05) is 12.1 Å². The molecule has 0 radical (unpaired) electrons. The molecule has 23 heavy (non-hydrogen) atoms. The van der Waals surface area contributed by atoms with E-state index in [2.05, 4.69) is 0 Å². The standard InChI is InChI=1S/C15H17NO7/c1-22-15-10(12(19)11(18)9(6-17)23-15)16-13(20)7-4-2-3-5-8(7)14(16)21/h2-5,9-12,15,17-19H,6H2,1H3/t9-,10+,11+,12-,15+/m0/s1. The molecule has 0 spiro atoms. The number of aliphatic hydroxyl groups is 3. The molecule has 0 saturated carbocycles. The van der Waals surface area contributed by atoms with Crippen LogP contribution in [0.1, 0.15) is 20.7 Å². The molecule has 0 unspecified atom stereocenters. The van der Waals surface area contributed by atoms with Crippen molar-refractivity contribution in [3.8, 4) is 0 Å². The average molecular weight is 323 g/mol. The van der Waals surface area contributed by atoms with Crippen LogP contribution in [0.25, 0.3) is 0 Å².